The number of benzene rings is 1. The molecule has 0 atom stereocenters. The molecule has 26 heavy (non-hydrogen) atoms. The van der Waals surface area contributed by atoms with Gasteiger partial charge >= 0.3 is 0 Å². The SMILES string of the molecule is C=CCN(Cc1ccc(Cl)s1)C(=O)c1cccc(S(=O)(=O)N(C)OC)c1. The maximum Gasteiger partial charge on any atom is 0.264 e. The van der Waals surface area contributed by atoms with Gasteiger partial charge in [-0.25, -0.2) is 8.42 Å². The summed E-state index contributed by atoms with van der Waals surface area (Å²) in [6.45, 7) is 4.36. The Bertz CT molecular complexity index is 896. The average molecular weight is 415 g/mol. The molecule has 0 radical (unpaired) electrons. The topological polar surface area (TPSA) is 66.9 Å². The van der Waals surface area contributed by atoms with Crippen LogP contribution in [-0.2, 0) is 21.4 Å². The van der Waals surface area contributed by atoms with E-state index < -0.39 is 10.0 Å². The minimum atomic E-state index is -3.83. The molecule has 0 aliphatic heterocycles. The molecule has 0 fully saturated rings. The molecule has 0 bridgehead atoms. The zero-order valence-electron chi connectivity index (χ0n) is 14.4. The number of thiophene rings is 1. The summed E-state index contributed by atoms with van der Waals surface area (Å²) in [7, 11) is -1.29. The van der Waals surface area contributed by atoms with Crippen LogP contribution in [0.25, 0.3) is 0 Å². The molecule has 9 heteroatoms. The molecule has 0 N–H and O–H groups in total. The molecule has 0 spiro atoms. The molecule has 1 amide bonds. The summed E-state index contributed by atoms with van der Waals surface area (Å²) in [5, 5.41) is 0. The van der Waals surface area contributed by atoms with E-state index >= 15 is 0 Å². The predicted octanol–water partition coefficient (Wildman–Crippen LogP) is 3.41. The summed E-state index contributed by atoms with van der Waals surface area (Å²) < 4.78 is 26.1. The van der Waals surface area contributed by atoms with E-state index in [0.717, 1.165) is 9.35 Å². The van der Waals surface area contributed by atoms with Gasteiger partial charge in [0.15, 0.2) is 0 Å². The average Bonchev–Trinajstić information content (AvgIpc) is 3.05. The van der Waals surface area contributed by atoms with Crippen molar-refractivity contribution in [2.24, 2.45) is 0 Å². The lowest BCUT2D eigenvalue weighted by Crippen LogP contribution is -2.31. The molecule has 6 nitrogen and oxygen atoms in total. The fraction of sp³-hybridized carbons (Fsp3) is 0.235. The van der Waals surface area contributed by atoms with E-state index in [9.17, 15) is 13.2 Å². The van der Waals surface area contributed by atoms with Crippen LogP contribution in [0.4, 0.5) is 0 Å². The Labute approximate surface area is 162 Å². The number of amides is 1. The number of hydrogen-bond acceptors (Lipinski definition) is 5. The van der Waals surface area contributed by atoms with Crippen LogP contribution in [0.3, 0.4) is 0 Å². The number of halogens is 1. The van der Waals surface area contributed by atoms with Gasteiger partial charge in [0.05, 0.1) is 22.9 Å². The molecule has 1 heterocycles. The van der Waals surface area contributed by atoms with Gasteiger partial charge < -0.3 is 4.90 Å². The molecule has 0 saturated carbocycles. The van der Waals surface area contributed by atoms with E-state index in [-0.39, 0.29) is 16.4 Å². The maximum atomic E-state index is 12.9. The van der Waals surface area contributed by atoms with E-state index in [1.54, 1.807) is 23.1 Å². The van der Waals surface area contributed by atoms with Gasteiger partial charge in [0.2, 0.25) is 0 Å². The van der Waals surface area contributed by atoms with Crippen LogP contribution in [0.1, 0.15) is 15.2 Å². The number of carbonyl (C=O) groups is 1. The van der Waals surface area contributed by atoms with Crippen LogP contribution in [0, 0.1) is 0 Å². The highest BCUT2D eigenvalue weighted by Gasteiger charge is 2.23. The van der Waals surface area contributed by atoms with Gasteiger partial charge in [-0.1, -0.05) is 28.2 Å². The number of hydroxylamine groups is 1. The fourth-order valence-electron chi connectivity index (χ4n) is 2.22. The van der Waals surface area contributed by atoms with Crippen molar-refractivity contribution in [2.75, 3.05) is 20.7 Å². The van der Waals surface area contributed by atoms with Crippen LogP contribution in [0.2, 0.25) is 4.34 Å². The summed E-state index contributed by atoms with van der Waals surface area (Å²) in [5.41, 5.74) is 0.264. The smallest absolute Gasteiger partial charge is 0.264 e. The van der Waals surface area contributed by atoms with Crippen LogP contribution >= 0.6 is 22.9 Å². The van der Waals surface area contributed by atoms with Crippen molar-refractivity contribution >= 4 is 38.9 Å². The Kier molecular flexibility index (Phi) is 6.96. The van der Waals surface area contributed by atoms with Gasteiger partial charge in [-0.05, 0) is 30.3 Å². The Morgan fingerprint density at radius 1 is 1.35 bits per heavy atom. The predicted molar refractivity (Wildman–Crippen MR) is 103 cm³/mol. The van der Waals surface area contributed by atoms with Gasteiger partial charge in [0.25, 0.3) is 15.9 Å². The van der Waals surface area contributed by atoms with Crippen molar-refractivity contribution in [1.82, 2.24) is 9.37 Å². The van der Waals surface area contributed by atoms with Gasteiger partial charge in [-0.15, -0.1) is 17.9 Å². The first-order valence-corrected chi connectivity index (χ1v) is 10.2. The van der Waals surface area contributed by atoms with E-state index in [0.29, 0.717) is 17.4 Å². The third kappa shape index (κ3) is 4.72. The normalized spacial score (nSPS) is 11.5. The lowest BCUT2D eigenvalue weighted by molar-refractivity contribution is -0.0258. The van der Waals surface area contributed by atoms with Crippen LogP contribution in [0.5, 0.6) is 0 Å². The van der Waals surface area contributed by atoms with Crippen molar-refractivity contribution < 1.29 is 18.0 Å². The second kappa shape index (κ2) is 8.79. The largest absolute Gasteiger partial charge is 0.330 e. The summed E-state index contributed by atoms with van der Waals surface area (Å²) in [4.78, 5) is 20.1. The Hall–Kier alpha value is -1.71. The Balaban J connectivity index is 2.31. The van der Waals surface area contributed by atoms with Crippen molar-refractivity contribution in [3.8, 4) is 0 Å². The molecule has 140 valence electrons. The first-order valence-electron chi connectivity index (χ1n) is 7.57. The molecule has 2 rings (SSSR count). The van der Waals surface area contributed by atoms with Crippen molar-refractivity contribution in [3.05, 3.63) is 63.8 Å². The summed E-state index contributed by atoms with van der Waals surface area (Å²) in [6, 6.07) is 9.48. The number of nitrogens with zero attached hydrogens (tertiary/aromatic N) is 2. The maximum absolute atomic E-state index is 12.9. The number of sulfonamides is 1. The first-order chi connectivity index (χ1) is 12.3. The second-order valence-corrected chi connectivity index (χ2v) is 9.04. The fourth-order valence-corrected chi connectivity index (χ4v) is 4.34. The highest BCUT2D eigenvalue weighted by molar-refractivity contribution is 7.89. The van der Waals surface area contributed by atoms with E-state index in [2.05, 4.69) is 6.58 Å². The molecule has 1 aromatic heterocycles. The van der Waals surface area contributed by atoms with Gasteiger partial charge in [-0.3, -0.25) is 9.63 Å². The quantitative estimate of drug-likeness (QED) is 0.490. The van der Waals surface area contributed by atoms with Gasteiger partial charge in [-0.2, -0.15) is 0 Å². The zero-order chi connectivity index (χ0) is 19.3. The minimum Gasteiger partial charge on any atom is -0.330 e. The van der Waals surface area contributed by atoms with Crippen LogP contribution < -0.4 is 0 Å². The minimum absolute atomic E-state index is 0.0228. The molecule has 0 saturated heterocycles. The Morgan fingerprint density at radius 3 is 2.65 bits per heavy atom. The number of carbonyl (C=O) groups excluding carboxylic acids is 1. The molecule has 0 aliphatic rings. The Morgan fingerprint density at radius 2 is 2.08 bits per heavy atom. The molecule has 1 aromatic carbocycles. The van der Waals surface area contributed by atoms with E-state index in [1.165, 1.54) is 43.7 Å². The molecule has 2 aromatic rings. The summed E-state index contributed by atoms with van der Waals surface area (Å²) >= 11 is 7.33. The first kappa shape index (κ1) is 20.6. The monoisotopic (exact) mass is 414 g/mol. The lowest BCUT2D eigenvalue weighted by Gasteiger charge is -2.21. The summed E-state index contributed by atoms with van der Waals surface area (Å²) in [6.07, 6.45) is 1.62. The van der Waals surface area contributed by atoms with Gasteiger partial charge in [0.1, 0.15) is 0 Å². The molecule has 0 aliphatic carbocycles. The third-order valence-corrected chi connectivity index (χ3v) is 6.48. The molecular weight excluding hydrogens is 396 g/mol. The zero-order valence-corrected chi connectivity index (χ0v) is 16.8. The molecule has 0 unspecified atom stereocenters. The van der Waals surface area contributed by atoms with Crippen LogP contribution in [0.15, 0.2) is 53.9 Å². The van der Waals surface area contributed by atoms with Crippen molar-refractivity contribution in [1.29, 1.82) is 0 Å². The lowest BCUT2D eigenvalue weighted by atomic mass is 10.2. The molecular formula is C17H19ClN2O4S2. The van der Waals surface area contributed by atoms with E-state index in [4.69, 9.17) is 16.4 Å². The van der Waals surface area contributed by atoms with Gasteiger partial charge in [0, 0.05) is 24.0 Å². The van der Waals surface area contributed by atoms with Crippen LogP contribution in [-0.4, -0.2) is 44.4 Å². The standard InChI is InChI=1S/C17H19ClN2O4S2/c1-4-10-20(12-14-8-9-16(18)25-14)17(21)13-6-5-7-15(11-13)26(22,23)19(2)24-3/h4-9,11H,1,10,12H2,2-3H3. The van der Waals surface area contributed by atoms with E-state index in [1.807, 2.05) is 6.07 Å². The highest BCUT2D eigenvalue weighted by Crippen LogP contribution is 2.24. The summed E-state index contributed by atoms with van der Waals surface area (Å²) in [5.74, 6) is -0.299. The van der Waals surface area contributed by atoms with Crippen molar-refractivity contribution in [3.63, 3.8) is 0 Å². The number of hydrogen-bond donors (Lipinski definition) is 0. The highest BCUT2D eigenvalue weighted by atomic mass is 35.5. The van der Waals surface area contributed by atoms with Crippen molar-refractivity contribution in [2.45, 2.75) is 11.4 Å². The third-order valence-electron chi connectivity index (χ3n) is 3.59. The number of rotatable bonds is 8. The second-order valence-electron chi connectivity index (χ2n) is 5.31.